The van der Waals surface area contributed by atoms with Gasteiger partial charge in [0.2, 0.25) is 0 Å². The van der Waals surface area contributed by atoms with E-state index in [9.17, 15) is 0 Å². The maximum Gasteiger partial charge on any atom is 0.0687 e. The fourth-order valence-corrected chi connectivity index (χ4v) is 2.71. The highest BCUT2D eigenvalue weighted by atomic mass is 16.5. The minimum atomic E-state index is 0.250. The summed E-state index contributed by atoms with van der Waals surface area (Å²) in [5, 5.41) is 8.48. The predicted molar refractivity (Wildman–Crippen MR) is 50.2 cm³/mol. The third kappa shape index (κ3) is 1.86. The minimum absolute atomic E-state index is 0.250. The first-order chi connectivity index (χ1) is 6.35. The largest absolute Gasteiger partial charge is 0.372 e. The summed E-state index contributed by atoms with van der Waals surface area (Å²) in [6.07, 6.45) is 9.60. The second-order valence-corrected chi connectivity index (χ2v) is 4.37. The lowest BCUT2D eigenvalue weighted by Gasteiger charge is -2.23. The van der Waals surface area contributed by atoms with Gasteiger partial charge in [-0.2, -0.15) is 5.26 Å². The number of ether oxygens (including phenoxy) is 1. The van der Waals surface area contributed by atoms with Crippen molar-refractivity contribution >= 4 is 0 Å². The molecule has 2 heteroatoms. The summed E-state index contributed by atoms with van der Waals surface area (Å²) < 4.78 is 6.06. The van der Waals surface area contributed by atoms with Crippen molar-refractivity contribution in [3.05, 3.63) is 0 Å². The summed E-state index contributed by atoms with van der Waals surface area (Å²) in [4.78, 5) is 0. The Morgan fingerprint density at radius 1 is 1.31 bits per heavy atom. The number of hydrogen-bond donors (Lipinski definition) is 0. The molecule has 1 unspecified atom stereocenters. The van der Waals surface area contributed by atoms with Crippen LogP contribution in [0.25, 0.3) is 0 Å². The van der Waals surface area contributed by atoms with Crippen molar-refractivity contribution in [2.45, 2.75) is 63.1 Å². The molecule has 0 aromatic rings. The van der Waals surface area contributed by atoms with Gasteiger partial charge >= 0.3 is 0 Å². The summed E-state index contributed by atoms with van der Waals surface area (Å²) >= 11 is 0. The molecule has 1 aliphatic carbocycles. The van der Waals surface area contributed by atoms with Crippen LogP contribution in [0.2, 0.25) is 0 Å². The first kappa shape index (κ1) is 9.02. The van der Waals surface area contributed by atoms with Crippen LogP contribution in [0.1, 0.15) is 51.4 Å². The van der Waals surface area contributed by atoms with Crippen molar-refractivity contribution in [3.8, 4) is 6.07 Å². The highest BCUT2D eigenvalue weighted by molar-refractivity contribution is 4.93. The Morgan fingerprint density at radius 3 is 2.77 bits per heavy atom. The first-order valence-electron chi connectivity index (χ1n) is 5.39. The van der Waals surface area contributed by atoms with Gasteiger partial charge in [-0.05, 0) is 32.1 Å². The van der Waals surface area contributed by atoms with E-state index in [0.29, 0.717) is 12.5 Å². The van der Waals surface area contributed by atoms with Gasteiger partial charge in [0.25, 0.3) is 0 Å². The Morgan fingerprint density at radius 2 is 2.08 bits per heavy atom. The first-order valence-corrected chi connectivity index (χ1v) is 5.39. The highest BCUT2D eigenvalue weighted by Gasteiger charge is 2.41. The van der Waals surface area contributed by atoms with Crippen molar-refractivity contribution in [2.24, 2.45) is 0 Å². The van der Waals surface area contributed by atoms with Crippen molar-refractivity contribution in [1.82, 2.24) is 0 Å². The van der Waals surface area contributed by atoms with Gasteiger partial charge in [0.15, 0.2) is 0 Å². The lowest BCUT2D eigenvalue weighted by Crippen LogP contribution is -2.24. The number of nitrogens with zero attached hydrogens (tertiary/aromatic N) is 1. The summed E-state index contributed by atoms with van der Waals surface area (Å²) in [7, 11) is 0. The van der Waals surface area contributed by atoms with E-state index in [-0.39, 0.29) is 5.60 Å². The van der Waals surface area contributed by atoms with E-state index in [1.807, 2.05) is 0 Å². The van der Waals surface area contributed by atoms with E-state index in [4.69, 9.17) is 10.00 Å². The molecule has 1 saturated heterocycles. The van der Waals surface area contributed by atoms with E-state index in [1.165, 1.54) is 38.5 Å². The van der Waals surface area contributed by atoms with Gasteiger partial charge in [0.1, 0.15) is 0 Å². The topological polar surface area (TPSA) is 33.0 Å². The zero-order chi connectivity index (χ0) is 9.15. The van der Waals surface area contributed by atoms with E-state index in [2.05, 4.69) is 6.07 Å². The average Bonchev–Trinajstić information content (AvgIpc) is 2.74. The molecule has 0 bridgehead atoms. The monoisotopic (exact) mass is 179 g/mol. The van der Waals surface area contributed by atoms with E-state index >= 15 is 0 Å². The Balaban J connectivity index is 1.83. The zero-order valence-corrected chi connectivity index (χ0v) is 8.09. The standard InChI is InChI=1S/C11H17NO/c12-9-3-4-10-5-8-11(13-10)6-1-2-7-11/h10H,1-8H2. The molecule has 0 radical (unpaired) electrons. The van der Waals surface area contributed by atoms with Crippen molar-refractivity contribution in [3.63, 3.8) is 0 Å². The van der Waals surface area contributed by atoms with Crippen LogP contribution >= 0.6 is 0 Å². The molecule has 13 heavy (non-hydrogen) atoms. The van der Waals surface area contributed by atoms with Crippen LogP contribution in [0.4, 0.5) is 0 Å². The molecular formula is C11H17NO. The van der Waals surface area contributed by atoms with E-state index in [1.54, 1.807) is 0 Å². The molecule has 2 fully saturated rings. The highest BCUT2D eigenvalue weighted by Crippen LogP contribution is 2.44. The van der Waals surface area contributed by atoms with Crippen LogP contribution in [0.15, 0.2) is 0 Å². The van der Waals surface area contributed by atoms with Gasteiger partial charge in [-0.1, -0.05) is 12.8 Å². The molecule has 0 N–H and O–H groups in total. The maximum absolute atomic E-state index is 8.48. The summed E-state index contributed by atoms with van der Waals surface area (Å²) in [6, 6.07) is 2.19. The van der Waals surface area contributed by atoms with Gasteiger partial charge in [-0.3, -0.25) is 0 Å². The normalized spacial score (nSPS) is 30.8. The van der Waals surface area contributed by atoms with Crippen LogP contribution < -0.4 is 0 Å². The molecule has 0 amide bonds. The van der Waals surface area contributed by atoms with Crippen LogP contribution in [0, 0.1) is 11.3 Å². The zero-order valence-electron chi connectivity index (χ0n) is 8.09. The lowest BCUT2D eigenvalue weighted by atomic mass is 9.98. The summed E-state index contributed by atoms with van der Waals surface area (Å²) in [6.45, 7) is 0. The molecule has 2 aliphatic rings. The Labute approximate surface area is 79.9 Å². The molecule has 2 rings (SSSR count). The molecule has 1 aliphatic heterocycles. The minimum Gasteiger partial charge on any atom is -0.372 e. The van der Waals surface area contributed by atoms with Crippen LogP contribution in [0.5, 0.6) is 0 Å². The number of rotatable bonds is 2. The van der Waals surface area contributed by atoms with Gasteiger partial charge in [-0.15, -0.1) is 0 Å². The van der Waals surface area contributed by atoms with Crippen LogP contribution in [0.3, 0.4) is 0 Å². The maximum atomic E-state index is 8.48. The Kier molecular flexibility index (Phi) is 2.55. The fourth-order valence-electron chi connectivity index (χ4n) is 2.71. The second kappa shape index (κ2) is 3.67. The predicted octanol–water partition coefficient (Wildman–Crippen LogP) is 2.78. The quantitative estimate of drug-likeness (QED) is 0.653. The molecule has 2 nitrogen and oxygen atoms in total. The van der Waals surface area contributed by atoms with Gasteiger partial charge < -0.3 is 4.74 Å². The smallest absolute Gasteiger partial charge is 0.0687 e. The van der Waals surface area contributed by atoms with E-state index < -0.39 is 0 Å². The number of hydrogen-bond acceptors (Lipinski definition) is 2. The van der Waals surface area contributed by atoms with Crippen molar-refractivity contribution in [2.75, 3.05) is 0 Å². The molecule has 0 aromatic heterocycles. The molecule has 72 valence electrons. The summed E-state index contributed by atoms with van der Waals surface area (Å²) in [5.41, 5.74) is 0.250. The summed E-state index contributed by atoms with van der Waals surface area (Å²) in [5.74, 6) is 0. The van der Waals surface area contributed by atoms with Crippen LogP contribution in [-0.2, 0) is 4.74 Å². The second-order valence-electron chi connectivity index (χ2n) is 4.37. The molecule has 1 spiro atoms. The van der Waals surface area contributed by atoms with Gasteiger partial charge in [-0.25, -0.2) is 0 Å². The Hall–Kier alpha value is -0.550. The molecular weight excluding hydrogens is 162 g/mol. The molecule has 1 saturated carbocycles. The van der Waals surface area contributed by atoms with Crippen molar-refractivity contribution in [1.29, 1.82) is 5.26 Å². The fraction of sp³-hybridized carbons (Fsp3) is 0.909. The van der Waals surface area contributed by atoms with Gasteiger partial charge in [0.05, 0.1) is 17.8 Å². The number of nitriles is 1. The lowest BCUT2D eigenvalue weighted by molar-refractivity contribution is -0.0382. The SMILES string of the molecule is N#CCCC1CCC2(CCCC2)O1. The average molecular weight is 179 g/mol. The third-order valence-corrected chi connectivity index (χ3v) is 3.43. The van der Waals surface area contributed by atoms with E-state index in [0.717, 1.165) is 6.42 Å². The molecule has 0 aromatic carbocycles. The Bertz CT molecular complexity index is 213. The van der Waals surface area contributed by atoms with Crippen molar-refractivity contribution < 1.29 is 4.74 Å². The third-order valence-electron chi connectivity index (χ3n) is 3.43. The van der Waals surface area contributed by atoms with Gasteiger partial charge in [0, 0.05) is 6.42 Å². The van der Waals surface area contributed by atoms with Crippen LogP contribution in [-0.4, -0.2) is 11.7 Å². The molecule has 1 atom stereocenters. The molecule has 1 heterocycles.